The molecule has 2 aromatic rings. The molecule has 0 fully saturated rings. The Morgan fingerprint density at radius 2 is 0.969 bits per heavy atom. The lowest BCUT2D eigenvalue weighted by Gasteiger charge is -2.18. The van der Waals surface area contributed by atoms with Gasteiger partial charge in [-0.3, -0.25) is 0 Å². The molecule has 2 aromatic carbocycles. The number of unbranched alkanes of at least 4 members (excludes halogenated alkanes) is 1. The third kappa shape index (κ3) is 9.84. The molecule has 2 N–H and O–H groups in total. The Hall–Kier alpha value is -2.36. The molecule has 0 aliphatic heterocycles. The van der Waals surface area contributed by atoms with Crippen molar-refractivity contribution in [3.05, 3.63) is 48.5 Å². The molecule has 0 amide bonds. The first-order valence-electron chi connectivity index (χ1n) is 12.7. The maximum atomic E-state index is 5.88. The van der Waals surface area contributed by atoms with E-state index in [9.17, 15) is 0 Å². The fraction of sp³-hybridized carbons (Fsp3) is 0.571. The van der Waals surface area contributed by atoms with E-state index in [0.29, 0.717) is 25.3 Å². The molecule has 178 valence electrons. The van der Waals surface area contributed by atoms with Gasteiger partial charge in [0.1, 0.15) is 11.5 Å². The zero-order valence-electron chi connectivity index (χ0n) is 20.7. The fourth-order valence-corrected chi connectivity index (χ4v) is 3.80. The van der Waals surface area contributed by atoms with E-state index in [1.807, 2.05) is 0 Å². The summed E-state index contributed by atoms with van der Waals surface area (Å²) >= 11 is 0. The third-order valence-corrected chi connectivity index (χ3v) is 5.79. The summed E-state index contributed by atoms with van der Waals surface area (Å²) in [7, 11) is 0. The number of rotatable bonds is 17. The molecule has 0 aliphatic carbocycles. The third-order valence-electron chi connectivity index (χ3n) is 5.79. The molecule has 0 radical (unpaired) electrons. The second kappa shape index (κ2) is 15.4. The van der Waals surface area contributed by atoms with Crippen molar-refractivity contribution in [2.24, 2.45) is 0 Å². The highest BCUT2D eigenvalue weighted by atomic mass is 16.5. The Bertz CT molecular complexity index is 652. The Labute approximate surface area is 196 Å². The van der Waals surface area contributed by atoms with Crippen molar-refractivity contribution < 1.29 is 9.47 Å². The van der Waals surface area contributed by atoms with Crippen LogP contribution in [0.25, 0.3) is 0 Å². The Balaban J connectivity index is 1.61. The number of benzene rings is 2. The first-order valence-corrected chi connectivity index (χ1v) is 12.7. The van der Waals surface area contributed by atoms with Crippen LogP contribution in [0.5, 0.6) is 11.5 Å². The largest absolute Gasteiger partial charge is 0.494 e. The van der Waals surface area contributed by atoms with Crippen molar-refractivity contribution >= 4 is 11.4 Å². The van der Waals surface area contributed by atoms with E-state index in [0.717, 1.165) is 37.2 Å². The summed E-state index contributed by atoms with van der Waals surface area (Å²) in [4.78, 5) is 0. The molecule has 2 atom stereocenters. The molecular weight excluding hydrogens is 396 g/mol. The molecule has 2 rings (SSSR count). The number of hydrogen-bond acceptors (Lipinski definition) is 4. The number of hydrogen-bond donors (Lipinski definition) is 2. The van der Waals surface area contributed by atoms with Crippen LogP contribution in [0.2, 0.25) is 0 Å². The monoisotopic (exact) mass is 440 g/mol. The summed E-state index contributed by atoms with van der Waals surface area (Å²) in [6.07, 6.45) is 9.06. The summed E-state index contributed by atoms with van der Waals surface area (Å²) < 4.78 is 11.8. The second-order valence-electron chi connectivity index (χ2n) is 8.53. The highest BCUT2D eigenvalue weighted by Gasteiger charge is 2.06. The van der Waals surface area contributed by atoms with Gasteiger partial charge in [-0.2, -0.15) is 0 Å². The first-order chi connectivity index (χ1) is 15.7. The zero-order chi connectivity index (χ0) is 23.0. The standard InChI is InChI=1S/C28H44N2O2/c1-5-11-23(7-3)29-25-13-17-27(18-14-25)31-21-9-10-22-32-28-19-15-26(16-20-28)30-24(8-4)12-6-2/h13-20,23-24,29-30H,5-12,21-22H2,1-4H3. The highest BCUT2D eigenvalue weighted by molar-refractivity contribution is 5.47. The summed E-state index contributed by atoms with van der Waals surface area (Å²) in [6.45, 7) is 10.4. The molecule has 0 saturated carbocycles. The minimum atomic E-state index is 0.550. The van der Waals surface area contributed by atoms with Crippen molar-refractivity contribution in [3.63, 3.8) is 0 Å². The van der Waals surface area contributed by atoms with Crippen LogP contribution in [0.1, 0.15) is 79.1 Å². The van der Waals surface area contributed by atoms with Crippen molar-refractivity contribution in [2.75, 3.05) is 23.8 Å². The topological polar surface area (TPSA) is 42.5 Å². The highest BCUT2D eigenvalue weighted by Crippen LogP contribution is 2.20. The van der Waals surface area contributed by atoms with E-state index >= 15 is 0 Å². The van der Waals surface area contributed by atoms with Gasteiger partial charge >= 0.3 is 0 Å². The van der Waals surface area contributed by atoms with E-state index in [2.05, 4.69) is 86.9 Å². The average molecular weight is 441 g/mol. The summed E-state index contributed by atoms with van der Waals surface area (Å²) in [6, 6.07) is 17.8. The van der Waals surface area contributed by atoms with Crippen LogP contribution >= 0.6 is 0 Å². The van der Waals surface area contributed by atoms with Crippen LogP contribution in [-0.2, 0) is 0 Å². The minimum absolute atomic E-state index is 0.550. The van der Waals surface area contributed by atoms with Crippen molar-refractivity contribution in [1.29, 1.82) is 0 Å². The molecule has 2 unspecified atom stereocenters. The number of anilines is 2. The SMILES string of the molecule is CCCC(CC)Nc1ccc(OCCCCOc2ccc(NC(CC)CCC)cc2)cc1. The molecule has 0 aromatic heterocycles. The van der Waals surface area contributed by atoms with E-state index in [1.54, 1.807) is 0 Å². The molecule has 0 saturated heterocycles. The van der Waals surface area contributed by atoms with Gasteiger partial charge in [0, 0.05) is 23.5 Å². The van der Waals surface area contributed by atoms with E-state index in [4.69, 9.17) is 9.47 Å². The van der Waals surface area contributed by atoms with E-state index < -0.39 is 0 Å². The van der Waals surface area contributed by atoms with E-state index in [-0.39, 0.29) is 0 Å². The maximum absolute atomic E-state index is 5.88. The normalized spacial score (nSPS) is 12.8. The number of ether oxygens (including phenoxy) is 2. The molecule has 0 heterocycles. The van der Waals surface area contributed by atoms with Gasteiger partial charge in [0.15, 0.2) is 0 Å². The lowest BCUT2D eigenvalue weighted by atomic mass is 10.1. The van der Waals surface area contributed by atoms with Crippen LogP contribution < -0.4 is 20.1 Å². The lowest BCUT2D eigenvalue weighted by molar-refractivity contribution is 0.266. The van der Waals surface area contributed by atoms with Gasteiger partial charge in [-0.05, 0) is 87.1 Å². The van der Waals surface area contributed by atoms with Crippen molar-refractivity contribution in [2.45, 2.75) is 91.1 Å². The molecular formula is C28H44N2O2. The molecule has 0 spiro atoms. The van der Waals surface area contributed by atoms with E-state index in [1.165, 1.54) is 37.1 Å². The smallest absolute Gasteiger partial charge is 0.119 e. The predicted octanol–water partition coefficient (Wildman–Crippen LogP) is 7.91. The minimum Gasteiger partial charge on any atom is -0.494 e. The fourth-order valence-electron chi connectivity index (χ4n) is 3.80. The van der Waals surface area contributed by atoms with Gasteiger partial charge in [0.05, 0.1) is 13.2 Å². The van der Waals surface area contributed by atoms with Gasteiger partial charge < -0.3 is 20.1 Å². The molecule has 0 aliphatic rings. The average Bonchev–Trinajstić information content (AvgIpc) is 2.82. The zero-order valence-corrected chi connectivity index (χ0v) is 20.7. The van der Waals surface area contributed by atoms with Crippen LogP contribution in [0.15, 0.2) is 48.5 Å². The summed E-state index contributed by atoms with van der Waals surface area (Å²) in [5.74, 6) is 1.85. The van der Waals surface area contributed by atoms with Crippen molar-refractivity contribution in [3.8, 4) is 11.5 Å². The molecule has 32 heavy (non-hydrogen) atoms. The molecule has 4 heteroatoms. The predicted molar refractivity (Wildman–Crippen MR) is 138 cm³/mol. The summed E-state index contributed by atoms with van der Waals surface area (Å²) in [5.41, 5.74) is 2.34. The van der Waals surface area contributed by atoms with Crippen LogP contribution in [0.4, 0.5) is 11.4 Å². The van der Waals surface area contributed by atoms with Gasteiger partial charge in [0.25, 0.3) is 0 Å². The Morgan fingerprint density at radius 3 is 1.28 bits per heavy atom. The van der Waals surface area contributed by atoms with Crippen LogP contribution in [-0.4, -0.2) is 25.3 Å². The van der Waals surface area contributed by atoms with Crippen molar-refractivity contribution in [1.82, 2.24) is 0 Å². The molecule has 4 nitrogen and oxygen atoms in total. The van der Waals surface area contributed by atoms with Crippen LogP contribution in [0.3, 0.4) is 0 Å². The Morgan fingerprint density at radius 1 is 0.594 bits per heavy atom. The van der Waals surface area contributed by atoms with Gasteiger partial charge in [-0.25, -0.2) is 0 Å². The molecule has 0 bridgehead atoms. The van der Waals surface area contributed by atoms with Gasteiger partial charge in [0.2, 0.25) is 0 Å². The second-order valence-corrected chi connectivity index (χ2v) is 8.53. The lowest BCUT2D eigenvalue weighted by Crippen LogP contribution is -2.17. The Kier molecular flexibility index (Phi) is 12.5. The quantitative estimate of drug-likeness (QED) is 0.245. The number of nitrogens with one attached hydrogen (secondary N) is 2. The van der Waals surface area contributed by atoms with Gasteiger partial charge in [-0.1, -0.05) is 40.5 Å². The van der Waals surface area contributed by atoms with Gasteiger partial charge in [-0.15, -0.1) is 0 Å². The maximum Gasteiger partial charge on any atom is 0.119 e. The van der Waals surface area contributed by atoms with Crippen LogP contribution in [0, 0.1) is 0 Å². The summed E-state index contributed by atoms with van der Waals surface area (Å²) in [5, 5.41) is 7.20. The first kappa shape index (κ1) is 25.9.